The lowest BCUT2D eigenvalue weighted by molar-refractivity contribution is -0.116. The van der Waals surface area contributed by atoms with Gasteiger partial charge in [0.05, 0.1) is 6.26 Å². The molecular weight excluding hydrogens is 258 g/mol. The molecule has 1 aliphatic rings. The number of carbonyl (C=O) groups is 1. The van der Waals surface area contributed by atoms with E-state index in [0.29, 0.717) is 5.76 Å². The maximum atomic E-state index is 11.7. The Kier molecular flexibility index (Phi) is 3.25. The Bertz CT molecular complexity index is 565. The Morgan fingerprint density at radius 2 is 2.32 bits per heavy atom. The molecule has 4 heteroatoms. The molecule has 1 fully saturated rings. The average Bonchev–Trinajstić information content (AvgIpc) is 2.90. The Balaban J connectivity index is 1.54. The van der Waals surface area contributed by atoms with Gasteiger partial charge in [-0.2, -0.15) is 0 Å². The predicted molar refractivity (Wildman–Crippen MR) is 76.0 cm³/mol. The first-order valence-corrected chi connectivity index (χ1v) is 7.20. The third kappa shape index (κ3) is 2.79. The third-order valence-electron chi connectivity index (χ3n) is 3.44. The van der Waals surface area contributed by atoms with Crippen LogP contribution in [0.1, 0.15) is 23.5 Å². The second-order valence-electron chi connectivity index (χ2n) is 4.82. The summed E-state index contributed by atoms with van der Waals surface area (Å²) in [7, 11) is 0. The van der Waals surface area contributed by atoms with E-state index in [9.17, 15) is 4.79 Å². The summed E-state index contributed by atoms with van der Waals surface area (Å²) in [6.07, 6.45) is 7.11. The van der Waals surface area contributed by atoms with Crippen LogP contribution in [0.5, 0.6) is 0 Å². The molecule has 0 saturated heterocycles. The molecule has 19 heavy (non-hydrogen) atoms. The van der Waals surface area contributed by atoms with Gasteiger partial charge in [-0.25, -0.2) is 0 Å². The summed E-state index contributed by atoms with van der Waals surface area (Å²) in [4.78, 5) is 13.1. The molecule has 0 radical (unpaired) electrons. The normalized spacial score (nSPS) is 16.6. The highest BCUT2D eigenvalue weighted by Gasteiger charge is 2.45. The number of hydrogen-bond acceptors (Lipinski definition) is 3. The summed E-state index contributed by atoms with van der Waals surface area (Å²) >= 11 is 1.77. The Labute approximate surface area is 115 Å². The molecular formula is C15H15NO2S. The van der Waals surface area contributed by atoms with Gasteiger partial charge in [0.1, 0.15) is 5.76 Å². The molecule has 2 aromatic heterocycles. The van der Waals surface area contributed by atoms with Gasteiger partial charge in [-0.15, -0.1) is 11.3 Å². The van der Waals surface area contributed by atoms with E-state index in [2.05, 4.69) is 22.8 Å². The molecule has 0 aliphatic heterocycles. The molecule has 0 unspecified atom stereocenters. The fourth-order valence-electron chi connectivity index (χ4n) is 2.10. The lowest BCUT2D eigenvalue weighted by Crippen LogP contribution is -2.30. The van der Waals surface area contributed by atoms with Crippen LogP contribution in [0.4, 0.5) is 0 Å². The van der Waals surface area contributed by atoms with Gasteiger partial charge in [0.2, 0.25) is 5.91 Å². The molecule has 1 aliphatic carbocycles. The summed E-state index contributed by atoms with van der Waals surface area (Å²) in [6.45, 7) is 0.717. The largest absolute Gasteiger partial charge is 0.465 e. The highest BCUT2D eigenvalue weighted by molar-refractivity contribution is 7.10. The van der Waals surface area contributed by atoms with Gasteiger partial charge in [0.25, 0.3) is 0 Å². The standard InChI is InChI=1S/C15H15NO2S/c17-14(6-5-12-3-1-9-18-12)16-11-15(7-8-15)13-4-2-10-19-13/h1-6,9-10H,7-8,11H2,(H,16,17)/b6-5+. The number of rotatable bonds is 5. The fourth-order valence-corrected chi connectivity index (χ4v) is 3.09. The SMILES string of the molecule is O=C(/C=C/c1ccco1)NCC1(c2cccs2)CC1. The minimum Gasteiger partial charge on any atom is -0.465 e. The van der Waals surface area contributed by atoms with Crippen molar-refractivity contribution in [3.05, 3.63) is 52.6 Å². The topological polar surface area (TPSA) is 42.2 Å². The Morgan fingerprint density at radius 1 is 1.42 bits per heavy atom. The van der Waals surface area contributed by atoms with Crippen LogP contribution in [0.3, 0.4) is 0 Å². The van der Waals surface area contributed by atoms with E-state index in [1.165, 1.54) is 11.0 Å². The van der Waals surface area contributed by atoms with Crippen LogP contribution in [-0.4, -0.2) is 12.5 Å². The molecule has 2 heterocycles. The maximum Gasteiger partial charge on any atom is 0.244 e. The van der Waals surface area contributed by atoms with Gasteiger partial charge in [-0.3, -0.25) is 4.79 Å². The molecule has 98 valence electrons. The molecule has 3 rings (SSSR count). The molecule has 1 N–H and O–H groups in total. The minimum atomic E-state index is -0.0702. The minimum absolute atomic E-state index is 0.0702. The molecule has 0 bridgehead atoms. The van der Waals surface area contributed by atoms with Crippen molar-refractivity contribution in [2.75, 3.05) is 6.54 Å². The first-order chi connectivity index (χ1) is 9.28. The average molecular weight is 273 g/mol. The monoisotopic (exact) mass is 273 g/mol. The van der Waals surface area contributed by atoms with E-state index >= 15 is 0 Å². The van der Waals surface area contributed by atoms with Crippen molar-refractivity contribution in [3.8, 4) is 0 Å². The van der Waals surface area contributed by atoms with Crippen molar-refractivity contribution in [2.45, 2.75) is 18.3 Å². The number of nitrogens with one attached hydrogen (secondary N) is 1. The predicted octanol–water partition coefficient (Wildman–Crippen LogP) is 3.20. The summed E-state index contributed by atoms with van der Waals surface area (Å²) in [6, 6.07) is 7.84. The molecule has 0 aromatic carbocycles. The van der Waals surface area contributed by atoms with E-state index < -0.39 is 0 Å². The molecule has 0 atom stereocenters. The zero-order valence-corrected chi connectivity index (χ0v) is 11.3. The van der Waals surface area contributed by atoms with E-state index in [0.717, 1.165) is 19.4 Å². The fraction of sp³-hybridized carbons (Fsp3) is 0.267. The van der Waals surface area contributed by atoms with Gasteiger partial charge < -0.3 is 9.73 Å². The Morgan fingerprint density at radius 3 is 2.95 bits per heavy atom. The number of furan rings is 1. The first-order valence-electron chi connectivity index (χ1n) is 6.32. The number of carbonyl (C=O) groups excluding carboxylic acids is 1. The molecule has 2 aromatic rings. The zero-order valence-electron chi connectivity index (χ0n) is 10.5. The van der Waals surface area contributed by atoms with Crippen LogP contribution in [0.25, 0.3) is 6.08 Å². The van der Waals surface area contributed by atoms with E-state index in [4.69, 9.17) is 4.42 Å². The van der Waals surface area contributed by atoms with Crippen LogP contribution in [0, 0.1) is 0 Å². The number of hydrogen-bond donors (Lipinski definition) is 1. The van der Waals surface area contributed by atoms with Crippen molar-refractivity contribution in [2.24, 2.45) is 0 Å². The van der Waals surface area contributed by atoms with Crippen molar-refractivity contribution in [3.63, 3.8) is 0 Å². The van der Waals surface area contributed by atoms with Gasteiger partial charge in [-0.05, 0) is 42.5 Å². The van der Waals surface area contributed by atoms with Crippen LogP contribution < -0.4 is 5.32 Å². The highest BCUT2D eigenvalue weighted by atomic mass is 32.1. The second-order valence-corrected chi connectivity index (χ2v) is 5.77. The quantitative estimate of drug-likeness (QED) is 0.850. The first kappa shape index (κ1) is 12.2. The lowest BCUT2D eigenvalue weighted by Gasteiger charge is -2.13. The van der Waals surface area contributed by atoms with E-state index in [-0.39, 0.29) is 11.3 Å². The lowest BCUT2D eigenvalue weighted by atomic mass is 10.1. The Hall–Kier alpha value is -1.81. The third-order valence-corrected chi connectivity index (χ3v) is 4.56. The smallest absolute Gasteiger partial charge is 0.244 e. The van der Waals surface area contributed by atoms with Crippen molar-refractivity contribution in [1.82, 2.24) is 5.32 Å². The van der Waals surface area contributed by atoms with Gasteiger partial charge in [0, 0.05) is 22.9 Å². The van der Waals surface area contributed by atoms with Crippen molar-refractivity contribution >= 4 is 23.3 Å². The number of thiophene rings is 1. The van der Waals surface area contributed by atoms with Gasteiger partial charge >= 0.3 is 0 Å². The zero-order chi connectivity index (χ0) is 13.1. The van der Waals surface area contributed by atoms with Crippen molar-refractivity contribution < 1.29 is 9.21 Å². The number of amides is 1. The van der Waals surface area contributed by atoms with Crippen LogP contribution in [0.15, 0.2) is 46.4 Å². The molecule has 1 saturated carbocycles. The van der Waals surface area contributed by atoms with E-state index in [1.54, 1.807) is 29.7 Å². The van der Waals surface area contributed by atoms with E-state index in [1.807, 2.05) is 6.07 Å². The highest BCUT2D eigenvalue weighted by Crippen LogP contribution is 2.49. The summed E-state index contributed by atoms with van der Waals surface area (Å²) in [5.41, 5.74) is 0.197. The summed E-state index contributed by atoms with van der Waals surface area (Å²) in [5, 5.41) is 5.07. The van der Waals surface area contributed by atoms with Gasteiger partial charge in [0.15, 0.2) is 0 Å². The van der Waals surface area contributed by atoms with Gasteiger partial charge in [-0.1, -0.05) is 6.07 Å². The van der Waals surface area contributed by atoms with Crippen LogP contribution >= 0.6 is 11.3 Å². The molecule has 1 amide bonds. The van der Waals surface area contributed by atoms with Crippen LogP contribution in [0.2, 0.25) is 0 Å². The molecule has 0 spiro atoms. The summed E-state index contributed by atoms with van der Waals surface area (Å²) in [5.74, 6) is 0.619. The van der Waals surface area contributed by atoms with Crippen molar-refractivity contribution in [1.29, 1.82) is 0 Å². The van der Waals surface area contributed by atoms with Crippen LogP contribution in [-0.2, 0) is 10.2 Å². The summed E-state index contributed by atoms with van der Waals surface area (Å²) < 4.78 is 5.14. The second kappa shape index (κ2) is 5.05. The molecule has 3 nitrogen and oxygen atoms in total. The maximum absolute atomic E-state index is 11.7.